The Bertz CT molecular complexity index is 1760. The van der Waals surface area contributed by atoms with E-state index in [4.69, 9.17) is 8.83 Å². The molecule has 0 amide bonds. The van der Waals surface area contributed by atoms with Crippen molar-refractivity contribution in [3.8, 4) is 33.7 Å². The number of benzene rings is 5. The highest BCUT2D eigenvalue weighted by molar-refractivity contribution is 6.09. The molecular formula is C31H19NO2. The predicted octanol–water partition coefficient (Wildman–Crippen LogP) is 8.73. The van der Waals surface area contributed by atoms with Crippen molar-refractivity contribution < 1.29 is 8.83 Å². The third-order valence-electron chi connectivity index (χ3n) is 6.36. The molecule has 3 nitrogen and oxygen atoms in total. The second kappa shape index (κ2) is 7.46. The molecule has 0 N–H and O–H groups in total. The molecule has 34 heavy (non-hydrogen) atoms. The third-order valence-corrected chi connectivity index (χ3v) is 6.36. The van der Waals surface area contributed by atoms with E-state index in [0.29, 0.717) is 5.89 Å². The van der Waals surface area contributed by atoms with E-state index >= 15 is 0 Å². The highest BCUT2D eigenvalue weighted by Gasteiger charge is 2.12. The van der Waals surface area contributed by atoms with Crippen molar-refractivity contribution in [3.05, 3.63) is 115 Å². The minimum absolute atomic E-state index is 0.641. The minimum atomic E-state index is 0.641. The maximum absolute atomic E-state index is 6.22. The summed E-state index contributed by atoms with van der Waals surface area (Å²) in [6.07, 6.45) is 0. The zero-order valence-corrected chi connectivity index (χ0v) is 18.2. The lowest BCUT2D eigenvalue weighted by Crippen LogP contribution is -1.82. The summed E-state index contributed by atoms with van der Waals surface area (Å²) in [6.45, 7) is 0. The van der Waals surface area contributed by atoms with Gasteiger partial charge in [0.2, 0.25) is 5.89 Å². The van der Waals surface area contributed by atoms with E-state index in [9.17, 15) is 0 Å². The maximum Gasteiger partial charge on any atom is 0.227 e. The van der Waals surface area contributed by atoms with E-state index in [1.54, 1.807) is 0 Å². The van der Waals surface area contributed by atoms with Gasteiger partial charge in [-0.05, 0) is 47.0 Å². The lowest BCUT2D eigenvalue weighted by Gasteiger charge is -2.06. The molecule has 0 fully saturated rings. The SMILES string of the molecule is c1ccc2oc(-c3ccc(-c4ccc(-c5cccc6c5oc5ccccc56)cc4)cc3)nc2c1. The van der Waals surface area contributed by atoms with Crippen LogP contribution in [0.1, 0.15) is 0 Å². The first kappa shape index (κ1) is 18.9. The Labute approximate surface area is 195 Å². The van der Waals surface area contributed by atoms with E-state index in [-0.39, 0.29) is 0 Å². The summed E-state index contributed by atoms with van der Waals surface area (Å²) in [5, 5.41) is 2.29. The van der Waals surface area contributed by atoms with Gasteiger partial charge in [0, 0.05) is 21.9 Å². The summed E-state index contributed by atoms with van der Waals surface area (Å²) in [4.78, 5) is 4.60. The summed E-state index contributed by atoms with van der Waals surface area (Å²) in [7, 11) is 0. The van der Waals surface area contributed by atoms with Gasteiger partial charge < -0.3 is 8.83 Å². The van der Waals surface area contributed by atoms with Crippen LogP contribution in [0.2, 0.25) is 0 Å². The fourth-order valence-corrected chi connectivity index (χ4v) is 4.62. The first-order chi connectivity index (χ1) is 16.8. The molecule has 0 radical (unpaired) electrons. The Kier molecular flexibility index (Phi) is 4.15. The van der Waals surface area contributed by atoms with Gasteiger partial charge in [0.05, 0.1) is 0 Å². The summed E-state index contributed by atoms with van der Waals surface area (Å²) >= 11 is 0. The van der Waals surface area contributed by atoms with Crippen LogP contribution in [0.25, 0.3) is 66.7 Å². The van der Waals surface area contributed by atoms with E-state index in [1.165, 1.54) is 0 Å². The molecule has 0 unspecified atom stereocenters. The topological polar surface area (TPSA) is 39.2 Å². The zero-order chi connectivity index (χ0) is 22.5. The molecule has 0 atom stereocenters. The smallest absolute Gasteiger partial charge is 0.227 e. The van der Waals surface area contributed by atoms with Gasteiger partial charge in [-0.25, -0.2) is 4.98 Å². The number of nitrogens with zero attached hydrogens (tertiary/aromatic N) is 1. The third kappa shape index (κ3) is 3.02. The molecule has 2 heterocycles. The van der Waals surface area contributed by atoms with E-state index in [1.807, 2.05) is 42.5 Å². The standard InChI is InChI=1S/C31H19NO2/c1-3-10-28-25(6-1)26-8-5-7-24(30(26)33-28)22-16-12-20(13-17-22)21-14-18-23(19-15-21)31-32-27-9-2-4-11-29(27)34-31/h1-19H. The van der Waals surface area contributed by atoms with Crippen LogP contribution in [0, 0.1) is 0 Å². The summed E-state index contributed by atoms with van der Waals surface area (Å²) in [5.74, 6) is 0.641. The molecule has 160 valence electrons. The fourth-order valence-electron chi connectivity index (χ4n) is 4.62. The van der Waals surface area contributed by atoms with Crippen molar-refractivity contribution in [1.29, 1.82) is 0 Å². The molecule has 3 heteroatoms. The Morgan fingerprint density at radius 1 is 0.441 bits per heavy atom. The van der Waals surface area contributed by atoms with Gasteiger partial charge in [-0.15, -0.1) is 0 Å². The van der Waals surface area contributed by atoms with Crippen LogP contribution in [-0.2, 0) is 0 Å². The maximum atomic E-state index is 6.22. The average Bonchev–Trinajstić information content (AvgIpc) is 3.51. The number of oxazole rings is 1. The van der Waals surface area contributed by atoms with Gasteiger partial charge in [-0.1, -0.05) is 84.9 Å². The first-order valence-electron chi connectivity index (χ1n) is 11.3. The number of hydrogen-bond donors (Lipinski definition) is 0. The molecule has 7 aromatic rings. The van der Waals surface area contributed by atoms with Crippen molar-refractivity contribution in [2.24, 2.45) is 0 Å². The minimum Gasteiger partial charge on any atom is -0.455 e. The van der Waals surface area contributed by atoms with Gasteiger partial charge in [-0.2, -0.15) is 0 Å². The van der Waals surface area contributed by atoms with Crippen LogP contribution in [0.5, 0.6) is 0 Å². The molecule has 0 aliphatic rings. The molecule has 0 aliphatic heterocycles. The number of para-hydroxylation sites is 4. The highest BCUT2D eigenvalue weighted by atomic mass is 16.3. The number of fused-ring (bicyclic) bond motifs is 4. The van der Waals surface area contributed by atoms with Crippen LogP contribution < -0.4 is 0 Å². The van der Waals surface area contributed by atoms with Crippen molar-refractivity contribution in [2.75, 3.05) is 0 Å². The Balaban J connectivity index is 1.22. The molecule has 0 bridgehead atoms. The van der Waals surface area contributed by atoms with E-state index in [2.05, 4.69) is 77.8 Å². The lowest BCUT2D eigenvalue weighted by molar-refractivity contribution is 0.620. The van der Waals surface area contributed by atoms with Crippen molar-refractivity contribution in [1.82, 2.24) is 4.98 Å². The number of rotatable bonds is 3. The molecule has 2 aromatic heterocycles. The average molecular weight is 437 g/mol. The largest absolute Gasteiger partial charge is 0.455 e. The Hall–Kier alpha value is -4.63. The molecule has 7 rings (SSSR count). The summed E-state index contributed by atoms with van der Waals surface area (Å²) in [5.41, 5.74) is 9.03. The molecular weight excluding hydrogens is 418 g/mol. The van der Waals surface area contributed by atoms with Crippen LogP contribution >= 0.6 is 0 Å². The van der Waals surface area contributed by atoms with Crippen molar-refractivity contribution >= 4 is 33.0 Å². The zero-order valence-electron chi connectivity index (χ0n) is 18.2. The van der Waals surface area contributed by atoms with Crippen LogP contribution in [-0.4, -0.2) is 4.98 Å². The van der Waals surface area contributed by atoms with Gasteiger partial charge >= 0.3 is 0 Å². The molecule has 5 aromatic carbocycles. The predicted molar refractivity (Wildman–Crippen MR) is 138 cm³/mol. The number of aromatic nitrogens is 1. The molecule has 0 spiro atoms. The van der Waals surface area contributed by atoms with Crippen LogP contribution in [0.4, 0.5) is 0 Å². The fraction of sp³-hybridized carbons (Fsp3) is 0. The second-order valence-corrected chi connectivity index (χ2v) is 8.42. The number of furan rings is 1. The monoisotopic (exact) mass is 437 g/mol. The lowest BCUT2D eigenvalue weighted by atomic mass is 9.98. The molecule has 0 saturated carbocycles. The van der Waals surface area contributed by atoms with Gasteiger partial charge in [-0.3, -0.25) is 0 Å². The Morgan fingerprint density at radius 3 is 1.82 bits per heavy atom. The van der Waals surface area contributed by atoms with Crippen LogP contribution in [0.15, 0.2) is 124 Å². The van der Waals surface area contributed by atoms with Gasteiger partial charge in [0.1, 0.15) is 16.7 Å². The summed E-state index contributed by atoms with van der Waals surface area (Å²) < 4.78 is 12.1. The van der Waals surface area contributed by atoms with Crippen LogP contribution in [0.3, 0.4) is 0 Å². The van der Waals surface area contributed by atoms with Gasteiger partial charge in [0.25, 0.3) is 0 Å². The molecule has 0 aliphatic carbocycles. The van der Waals surface area contributed by atoms with E-state index < -0.39 is 0 Å². The quantitative estimate of drug-likeness (QED) is 0.277. The van der Waals surface area contributed by atoms with E-state index in [0.717, 1.165) is 60.9 Å². The first-order valence-corrected chi connectivity index (χ1v) is 11.3. The summed E-state index contributed by atoms with van der Waals surface area (Å²) in [6, 6.07) is 39.3. The normalized spacial score (nSPS) is 11.5. The van der Waals surface area contributed by atoms with Crippen molar-refractivity contribution in [3.63, 3.8) is 0 Å². The second-order valence-electron chi connectivity index (χ2n) is 8.42. The Morgan fingerprint density at radius 2 is 1.06 bits per heavy atom. The number of hydrogen-bond acceptors (Lipinski definition) is 3. The highest BCUT2D eigenvalue weighted by Crippen LogP contribution is 2.36. The molecule has 0 saturated heterocycles. The van der Waals surface area contributed by atoms with Gasteiger partial charge in [0.15, 0.2) is 5.58 Å². The van der Waals surface area contributed by atoms with Crippen molar-refractivity contribution in [2.45, 2.75) is 0 Å².